The van der Waals surface area contributed by atoms with E-state index in [4.69, 9.17) is 4.79 Å². The summed E-state index contributed by atoms with van der Waals surface area (Å²) in [6.45, 7) is 3.64. The fraction of sp³-hybridized carbons (Fsp3) is 0.200. The molecule has 0 aromatic carbocycles. The van der Waals surface area contributed by atoms with Crippen molar-refractivity contribution in [3.05, 3.63) is 41.8 Å². The third kappa shape index (κ3) is 4.37. The molecule has 3 aromatic rings. The molecule has 0 saturated heterocycles. The van der Waals surface area contributed by atoms with Gasteiger partial charge < -0.3 is 10.3 Å². The van der Waals surface area contributed by atoms with Gasteiger partial charge >= 0.3 is 12.1 Å². The zero-order valence-electron chi connectivity index (χ0n) is 13.7. The average molecular weight is 366 g/mol. The van der Waals surface area contributed by atoms with Crippen LogP contribution in [0.25, 0.3) is 22.8 Å². The summed E-state index contributed by atoms with van der Waals surface area (Å²) in [6, 6.07) is 3.02. The summed E-state index contributed by atoms with van der Waals surface area (Å²) in [6.07, 6.45) is -1.45. The van der Waals surface area contributed by atoms with Crippen LogP contribution < -0.4 is 5.73 Å². The van der Waals surface area contributed by atoms with E-state index >= 15 is 0 Å². The van der Waals surface area contributed by atoms with Crippen LogP contribution in [0.3, 0.4) is 0 Å². The molecule has 1 amide bonds. The lowest BCUT2D eigenvalue weighted by atomic mass is 10.2. The number of primary amides is 1. The monoisotopic (exact) mass is 366 g/mol. The van der Waals surface area contributed by atoms with Crippen molar-refractivity contribution in [1.29, 1.82) is 0 Å². The van der Waals surface area contributed by atoms with Gasteiger partial charge in [-0.3, -0.25) is 14.8 Å². The van der Waals surface area contributed by atoms with E-state index in [1.807, 2.05) is 13.8 Å². The molecule has 8 nitrogen and oxygen atoms in total. The van der Waals surface area contributed by atoms with Gasteiger partial charge in [-0.15, -0.1) is 0 Å². The van der Waals surface area contributed by atoms with Gasteiger partial charge in [0.15, 0.2) is 0 Å². The summed E-state index contributed by atoms with van der Waals surface area (Å²) in [5.74, 6) is -1.56. The van der Waals surface area contributed by atoms with E-state index in [2.05, 4.69) is 35.3 Å². The van der Waals surface area contributed by atoms with Crippen LogP contribution in [0, 0.1) is 13.8 Å². The summed E-state index contributed by atoms with van der Waals surface area (Å²) in [7, 11) is 0. The second-order valence-corrected chi connectivity index (χ2v) is 4.91. The van der Waals surface area contributed by atoms with E-state index in [9.17, 15) is 13.2 Å². The Balaban J connectivity index is 0.000000758. The van der Waals surface area contributed by atoms with Crippen LogP contribution in [0.4, 0.5) is 13.2 Å². The first kappa shape index (κ1) is 19.0. The molecule has 0 radical (unpaired) electrons. The average Bonchev–Trinajstić information content (AvgIpc) is 3.09. The molecule has 0 spiro atoms. The lowest BCUT2D eigenvalue weighted by Gasteiger charge is -2.04. The maximum atomic E-state index is 12.5. The van der Waals surface area contributed by atoms with Crippen molar-refractivity contribution < 1.29 is 22.5 Å². The van der Waals surface area contributed by atoms with Crippen molar-refractivity contribution in [3.63, 3.8) is 0 Å². The van der Waals surface area contributed by atoms with E-state index in [-0.39, 0.29) is 12.2 Å². The maximum Gasteiger partial charge on any atom is 0.471 e. The third-order valence-corrected chi connectivity index (χ3v) is 3.14. The number of aromatic nitrogens is 5. The van der Waals surface area contributed by atoms with Gasteiger partial charge in [0.05, 0.1) is 23.3 Å². The lowest BCUT2D eigenvalue weighted by molar-refractivity contribution is -0.159. The topological polar surface area (TPSA) is 121 Å². The number of aryl methyl sites for hydroxylation is 2. The smallest absolute Gasteiger partial charge is 0.372 e. The molecule has 0 bridgehead atoms. The minimum atomic E-state index is -4.68. The van der Waals surface area contributed by atoms with Gasteiger partial charge in [-0.1, -0.05) is 5.16 Å². The number of hydrogen-bond donors (Lipinski definition) is 1. The standard InChI is InChI=1S/C14H10F3N5O.CH3NO/c1-7-8(2)20-11(6-19-7)10-5-9(3-4-18-10)12-21-13(23-22-12)14(15,16)17;2-1-3/h3-6H,1-2H3;1H,(H2,2,3). The summed E-state index contributed by atoms with van der Waals surface area (Å²) >= 11 is 0. The number of nitrogens with zero attached hydrogens (tertiary/aromatic N) is 5. The Labute approximate surface area is 145 Å². The van der Waals surface area contributed by atoms with Crippen molar-refractivity contribution in [3.8, 4) is 22.8 Å². The van der Waals surface area contributed by atoms with Crippen LogP contribution in [0.1, 0.15) is 17.3 Å². The highest BCUT2D eigenvalue weighted by molar-refractivity contribution is 5.63. The second kappa shape index (κ2) is 7.68. The first-order valence-electron chi connectivity index (χ1n) is 7.09. The second-order valence-electron chi connectivity index (χ2n) is 4.91. The van der Waals surface area contributed by atoms with Crippen molar-refractivity contribution >= 4 is 6.41 Å². The van der Waals surface area contributed by atoms with Gasteiger partial charge in [-0.05, 0) is 26.0 Å². The van der Waals surface area contributed by atoms with E-state index in [0.29, 0.717) is 17.0 Å². The van der Waals surface area contributed by atoms with Gasteiger partial charge in [-0.2, -0.15) is 18.2 Å². The summed E-state index contributed by atoms with van der Waals surface area (Å²) < 4.78 is 41.8. The molecule has 3 heterocycles. The SMILES string of the molecule is Cc1ncc(-c2cc(-c3noc(C(F)(F)F)n3)ccn2)nc1C.NC=O. The fourth-order valence-electron chi connectivity index (χ4n) is 1.83. The molecule has 0 fully saturated rings. The molecular weight excluding hydrogens is 353 g/mol. The van der Waals surface area contributed by atoms with Gasteiger partial charge in [0.1, 0.15) is 5.69 Å². The molecule has 26 heavy (non-hydrogen) atoms. The summed E-state index contributed by atoms with van der Waals surface area (Å²) in [5.41, 5.74) is 7.01. The Morgan fingerprint density at radius 3 is 2.38 bits per heavy atom. The molecular formula is C15H13F3N6O2. The number of pyridine rings is 1. The number of nitrogens with two attached hydrogens (primary N) is 1. The molecule has 2 N–H and O–H groups in total. The molecule has 11 heteroatoms. The van der Waals surface area contributed by atoms with Gasteiger partial charge in [0.2, 0.25) is 12.2 Å². The zero-order valence-corrected chi connectivity index (χ0v) is 13.7. The minimum absolute atomic E-state index is 0.169. The Bertz CT molecular complexity index is 910. The number of hydrogen-bond acceptors (Lipinski definition) is 7. The van der Waals surface area contributed by atoms with Crippen LogP contribution >= 0.6 is 0 Å². The number of carbonyl (C=O) groups excluding carboxylic acids is 1. The van der Waals surface area contributed by atoms with Crippen LogP contribution in [0.5, 0.6) is 0 Å². The van der Waals surface area contributed by atoms with Crippen LogP contribution in [0.2, 0.25) is 0 Å². The molecule has 0 atom stereocenters. The van der Waals surface area contributed by atoms with E-state index in [1.54, 1.807) is 6.20 Å². The zero-order chi connectivity index (χ0) is 19.3. The predicted molar refractivity (Wildman–Crippen MR) is 83.3 cm³/mol. The first-order chi connectivity index (χ1) is 12.3. The Morgan fingerprint density at radius 1 is 1.12 bits per heavy atom. The maximum absolute atomic E-state index is 12.5. The number of rotatable bonds is 2. The van der Waals surface area contributed by atoms with E-state index in [1.165, 1.54) is 18.3 Å². The van der Waals surface area contributed by atoms with Crippen LogP contribution in [-0.4, -0.2) is 31.5 Å². The summed E-state index contributed by atoms with van der Waals surface area (Å²) in [4.78, 5) is 24.6. The Hall–Kier alpha value is -3.37. The van der Waals surface area contributed by atoms with E-state index < -0.39 is 12.1 Å². The number of halogens is 3. The molecule has 0 aliphatic heterocycles. The van der Waals surface area contributed by atoms with Gasteiger partial charge in [-0.25, -0.2) is 4.98 Å². The predicted octanol–water partition coefficient (Wildman–Crippen LogP) is 2.33. The molecule has 3 rings (SSSR count). The highest BCUT2D eigenvalue weighted by Crippen LogP contribution is 2.30. The highest BCUT2D eigenvalue weighted by Gasteiger charge is 2.38. The quantitative estimate of drug-likeness (QED) is 0.691. The highest BCUT2D eigenvalue weighted by atomic mass is 19.4. The van der Waals surface area contributed by atoms with Gasteiger partial charge in [0.25, 0.3) is 0 Å². The summed E-state index contributed by atoms with van der Waals surface area (Å²) in [5, 5.41) is 3.35. The molecule has 0 saturated carbocycles. The Kier molecular flexibility index (Phi) is 5.60. The van der Waals surface area contributed by atoms with Crippen molar-refractivity contribution in [1.82, 2.24) is 25.1 Å². The largest absolute Gasteiger partial charge is 0.471 e. The Morgan fingerprint density at radius 2 is 1.81 bits per heavy atom. The third-order valence-electron chi connectivity index (χ3n) is 3.14. The molecule has 0 aliphatic rings. The molecule has 3 aromatic heterocycles. The molecule has 0 aliphatic carbocycles. The van der Waals surface area contributed by atoms with Crippen molar-refractivity contribution in [2.75, 3.05) is 0 Å². The van der Waals surface area contributed by atoms with Crippen molar-refractivity contribution in [2.24, 2.45) is 5.73 Å². The first-order valence-corrected chi connectivity index (χ1v) is 7.09. The molecule has 0 unspecified atom stereocenters. The normalized spacial score (nSPS) is 10.8. The van der Waals surface area contributed by atoms with Crippen LogP contribution in [-0.2, 0) is 11.0 Å². The lowest BCUT2D eigenvalue weighted by Crippen LogP contribution is -2.04. The number of carbonyl (C=O) groups is 1. The minimum Gasteiger partial charge on any atom is -0.372 e. The van der Waals surface area contributed by atoms with Crippen LogP contribution in [0.15, 0.2) is 29.0 Å². The molecule has 136 valence electrons. The van der Waals surface area contributed by atoms with Crippen molar-refractivity contribution in [2.45, 2.75) is 20.0 Å². The number of alkyl halides is 3. The number of amides is 1. The fourth-order valence-corrected chi connectivity index (χ4v) is 1.83. The van der Waals surface area contributed by atoms with E-state index in [0.717, 1.165) is 11.4 Å². The van der Waals surface area contributed by atoms with Gasteiger partial charge in [0, 0.05) is 11.8 Å².